The average molecular weight is 229 g/mol. The van der Waals surface area contributed by atoms with E-state index in [9.17, 15) is 0 Å². The lowest BCUT2D eigenvalue weighted by atomic mass is 9.96. The molecule has 0 N–H and O–H groups in total. The highest BCUT2D eigenvalue weighted by Gasteiger charge is 2.01. The number of aromatic nitrogens is 1. The number of pyridine rings is 1. The van der Waals surface area contributed by atoms with Crippen molar-refractivity contribution in [2.45, 2.75) is 39.5 Å². The molecular weight excluding hydrogens is 206 g/mol. The molecule has 1 aromatic heterocycles. The molecule has 0 saturated carbocycles. The van der Waals surface area contributed by atoms with Crippen molar-refractivity contribution in [3.8, 4) is 0 Å². The molecule has 0 aliphatic carbocycles. The summed E-state index contributed by atoms with van der Waals surface area (Å²) in [4.78, 5) is 4.36. The van der Waals surface area contributed by atoms with Crippen LogP contribution < -0.4 is 10.6 Å². The number of rotatable bonds is 6. The quantitative estimate of drug-likeness (QED) is 0.730. The lowest BCUT2D eigenvalue weighted by Gasteiger charge is -2.09. The lowest BCUT2D eigenvalue weighted by Crippen LogP contribution is -2.27. The summed E-state index contributed by atoms with van der Waals surface area (Å²) in [6, 6.07) is 4.12. The van der Waals surface area contributed by atoms with Crippen molar-refractivity contribution in [2.75, 3.05) is 0 Å². The summed E-state index contributed by atoms with van der Waals surface area (Å²) in [6.45, 7) is 8.25. The highest BCUT2D eigenvalue weighted by atomic mass is 14.6. The molecule has 1 unspecified atom stereocenters. The van der Waals surface area contributed by atoms with Gasteiger partial charge in [0.1, 0.15) is 0 Å². The molecule has 0 spiro atoms. The minimum absolute atomic E-state index is 0.803. The second-order valence-corrected chi connectivity index (χ2v) is 4.38. The van der Waals surface area contributed by atoms with Gasteiger partial charge in [-0.1, -0.05) is 57.9 Å². The number of hydrogen-bond acceptors (Lipinski definition) is 1. The van der Waals surface area contributed by atoms with Crippen molar-refractivity contribution in [1.82, 2.24) is 4.98 Å². The molecule has 0 aliphatic rings. The van der Waals surface area contributed by atoms with Gasteiger partial charge in [-0.3, -0.25) is 4.98 Å². The Morgan fingerprint density at radius 3 is 2.88 bits per heavy atom. The van der Waals surface area contributed by atoms with Crippen molar-refractivity contribution in [1.29, 1.82) is 0 Å². The Labute approximate surface area is 105 Å². The maximum Gasteiger partial charge on any atom is 0.0698 e. The van der Waals surface area contributed by atoms with Crippen LogP contribution >= 0.6 is 0 Å². The summed E-state index contributed by atoms with van der Waals surface area (Å²) in [5.41, 5.74) is 0. The maximum atomic E-state index is 4.36. The molecule has 92 valence electrons. The highest BCUT2D eigenvalue weighted by Crippen LogP contribution is 2.15. The Morgan fingerprint density at radius 1 is 1.41 bits per heavy atom. The van der Waals surface area contributed by atoms with E-state index in [0.29, 0.717) is 0 Å². The Morgan fingerprint density at radius 2 is 2.24 bits per heavy atom. The Balaban J connectivity index is 2.91. The summed E-state index contributed by atoms with van der Waals surface area (Å²) >= 11 is 0. The van der Waals surface area contributed by atoms with Crippen molar-refractivity contribution in [2.24, 2.45) is 5.92 Å². The van der Waals surface area contributed by atoms with Crippen LogP contribution in [0.4, 0.5) is 0 Å². The van der Waals surface area contributed by atoms with E-state index >= 15 is 0 Å². The number of allylic oxidation sites excluding steroid dienone is 1. The molecule has 1 heterocycles. The van der Waals surface area contributed by atoms with Crippen LogP contribution in [0.1, 0.15) is 39.5 Å². The van der Waals surface area contributed by atoms with Crippen LogP contribution in [0.15, 0.2) is 31.0 Å². The second-order valence-electron chi connectivity index (χ2n) is 4.38. The normalized spacial score (nSPS) is 14.9. The van der Waals surface area contributed by atoms with E-state index in [4.69, 9.17) is 0 Å². The predicted molar refractivity (Wildman–Crippen MR) is 75.9 cm³/mol. The van der Waals surface area contributed by atoms with E-state index in [0.717, 1.165) is 17.7 Å². The molecule has 0 radical (unpaired) electrons. The number of nitrogens with zero attached hydrogens (tertiary/aromatic N) is 1. The van der Waals surface area contributed by atoms with Crippen molar-refractivity contribution >= 4 is 12.2 Å². The van der Waals surface area contributed by atoms with Gasteiger partial charge in [-0.05, 0) is 29.7 Å². The summed E-state index contributed by atoms with van der Waals surface area (Å²) in [5, 5.41) is 2.25. The second kappa shape index (κ2) is 7.83. The van der Waals surface area contributed by atoms with E-state index in [2.05, 4.69) is 37.6 Å². The van der Waals surface area contributed by atoms with Crippen LogP contribution in [0.2, 0.25) is 0 Å². The fraction of sp³-hybridized carbons (Fsp3) is 0.438. The van der Waals surface area contributed by atoms with Gasteiger partial charge >= 0.3 is 0 Å². The smallest absolute Gasteiger partial charge is 0.0698 e. The first-order valence-corrected chi connectivity index (χ1v) is 6.55. The fourth-order valence-corrected chi connectivity index (χ4v) is 2.04. The molecule has 17 heavy (non-hydrogen) atoms. The van der Waals surface area contributed by atoms with Crippen molar-refractivity contribution < 1.29 is 0 Å². The minimum Gasteiger partial charge on any atom is -0.256 e. The van der Waals surface area contributed by atoms with Crippen molar-refractivity contribution in [3.63, 3.8) is 0 Å². The first-order valence-electron chi connectivity index (χ1n) is 6.55. The fourth-order valence-electron chi connectivity index (χ4n) is 2.04. The summed E-state index contributed by atoms with van der Waals surface area (Å²) in [6.07, 6.45) is 12.9. The molecule has 1 rings (SSSR count). The SMILES string of the molecule is C=C/C=c1/nccc/c1=C/CC(CC)CCC. The molecule has 0 amide bonds. The number of hydrogen-bond donors (Lipinski definition) is 0. The molecule has 1 atom stereocenters. The van der Waals surface area contributed by atoms with E-state index in [-0.39, 0.29) is 0 Å². The van der Waals surface area contributed by atoms with Crippen LogP contribution in [0.25, 0.3) is 12.2 Å². The third kappa shape index (κ3) is 4.56. The summed E-state index contributed by atoms with van der Waals surface area (Å²) in [7, 11) is 0. The Kier molecular flexibility index (Phi) is 6.31. The molecule has 0 bridgehead atoms. The van der Waals surface area contributed by atoms with Gasteiger partial charge < -0.3 is 0 Å². The summed E-state index contributed by atoms with van der Waals surface area (Å²) < 4.78 is 0. The van der Waals surface area contributed by atoms with Crippen LogP contribution in [-0.2, 0) is 0 Å². The zero-order chi connectivity index (χ0) is 12.5. The van der Waals surface area contributed by atoms with Crippen LogP contribution in [0, 0.1) is 5.92 Å². The average Bonchev–Trinajstić information content (AvgIpc) is 2.36. The molecular formula is C16H23N. The van der Waals surface area contributed by atoms with Crippen LogP contribution in [0.5, 0.6) is 0 Å². The first-order chi connectivity index (χ1) is 8.31. The molecule has 1 aromatic rings. The maximum absolute atomic E-state index is 4.36. The molecule has 1 heteroatoms. The van der Waals surface area contributed by atoms with Gasteiger partial charge in [0, 0.05) is 6.20 Å². The van der Waals surface area contributed by atoms with Gasteiger partial charge in [-0.25, -0.2) is 0 Å². The van der Waals surface area contributed by atoms with Crippen molar-refractivity contribution in [3.05, 3.63) is 41.6 Å². The zero-order valence-corrected chi connectivity index (χ0v) is 11.0. The first kappa shape index (κ1) is 13.7. The standard InChI is InChI=1S/C16H23N/c1-4-8-14(6-3)11-12-15-10-7-13-17-16(15)9-5-2/h5,7,9-10,12-14H,2,4,6,8,11H2,1,3H3/b15-12-,16-9+. The van der Waals surface area contributed by atoms with Gasteiger partial charge in [0.05, 0.1) is 5.35 Å². The predicted octanol–water partition coefficient (Wildman–Crippen LogP) is 3.05. The molecule has 0 fully saturated rings. The van der Waals surface area contributed by atoms with Gasteiger partial charge in [0.25, 0.3) is 0 Å². The largest absolute Gasteiger partial charge is 0.256 e. The topological polar surface area (TPSA) is 12.9 Å². The van der Waals surface area contributed by atoms with Crippen LogP contribution in [0.3, 0.4) is 0 Å². The molecule has 0 saturated heterocycles. The van der Waals surface area contributed by atoms with E-state index in [1.807, 2.05) is 18.3 Å². The van der Waals surface area contributed by atoms with E-state index < -0.39 is 0 Å². The summed E-state index contributed by atoms with van der Waals surface area (Å²) in [5.74, 6) is 0.803. The zero-order valence-electron chi connectivity index (χ0n) is 11.0. The van der Waals surface area contributed by atoms with Gasteiger partial charge in [0.2, 0.25) is 0 Å². The van der Waals surface area contributed by atoms with E-state index in [1.54, 1.807) is 6.08 Å². The molecule has 0 aliphatic heterocycles. The van der Waals surface area contributed by atoms with Gasteiger partial charge in [-0.15, -0.1) is 0 Å². The van der Waals surface area contributed by atoms with Gasteiger partial charge in [0.15, 0.2) is 0 Å². The van der Waals surface area contributed by atoms with Crippen LogP contribution in [-0.4, -0.2) is 4.98 Å². The van der Waals surface area contributed by atoms with Gasteiger partial charge in [-0.2, -0.15) is 0 Å². The molecule has 1 nitrogen and oxygen atoms in total. The third-order valence-electron chi connectivity index (χ3n) is 3.09. The Hall–Kier alpha value is -1.37. The monoisotopic (exact) mass is 229 g/mol. The van der Waals surface area contributed by atoms with E-state index in [1.165, 1.54) is 24.5 Å². The minimum atomic E-state index is 0.803. The molecule has 0 aromatic carbocycles. The third-order valence-corrected chi connectivity index (χ3v) is 3.09. The lowest BCUT2D eigenvalue weighted by molar-refractivity contribution is 0.479. The Bertz CT molecular complexity index is 445. The highest BCUT2D eigenvalue weighted by molar-refractivity contribution is 5.35.